The number of amides is 1. The van der Waals surface area contributed by atoms with Gasteiger partial charge in [-0.05, 0) is 84.0 Å². The summed E-state index contributed by atoms with van der Waals surface area (Å²) in [5, 5.41) is 75.9. The number of nitrogens with one attached hydrogen (secondary N) is 1. The van der Waals surface area contributed by atoms with Crippen LogP contribution in [0.5, 0.6) is 0 Å². The number of rotatable bonds is 49. The zero-order chi connectivity index (χ0) is 51.1. The highest BCUT2D eigenvalue weighted by atomic mass is 16.7. The molecule has 0 aliphatic carbocycles. The van der Waals surface area contributed by atoms with Crippen molar-refractivity contribution in [3.8, 4) is 0 Å². The molecule has 1 aliphatic heterocycles. The second-order valence-corrected chi connectivity index (χ2v) is 20.3. The van der Waals surface area contributed by atoms with E-state index in [1.165, 1.54) is 161 Å². The van der Waals surface area contributed by atoms with E-state index in [0.29, 0.717) is 19.3 Å². The second-order valence-electron chi connectivity index (χ2n) is 20.3. The first-order valence-corrected chi connectivity index (χ1v) is 29.0. The number of hydrogen-bond donors (Lipinski definition) is 8. The van der Waals surface area contributed by atoms with Crippen molar-refractivity contribution in [1.29, 1.82) is 0 Å². The van der Waals surface area contributed by atoms with Crippen molar-refractivity contribution in [3.63, 3.8) is 0 Å². The van der Waals surface area contributed by atoms with E-state index in [4.69, 9.17) is 9.47 Å². The molecule has 11 nitrogen and oxygen atoms in total. The fourth-order valence-electron chi connectivity index (χ4n) is 9.18. The maximum Gasteiger partial charge on any atom is 0.249 e. The summed E-state index contributed by atoms with van der Waals surface area (Å²) < 4.78 is 11.1. The summed E-state index contributed by atoms with van der Waals surface area (Å²) in [6.45, 7) is 3.22. The molecule has 0 aromatic rings. The Morgan fingerprint density at radius 3 is 1.36 bits per heavy atom. The quantitative estimate of drug-likeness (QED) is 0.0215. The molecule has 1 fully saturated rings. The lowest BCUT2D eigenvalue weighted by molar-refractivity contribution is -0.303. The largest absolute Gasteiger partial charge is 0.394 e. The number of aliphatic hydroxyl groups excluding tert-OH is 7. The van der Waals surface area contributed by atoms with Crippen molar-refractivity contribution in [2.75, 3.05) is 13.2 Å². The van der Waals surface area contributed by atoms with E-state index in [1.807, 2.05) is 6.92 Å². The van der Waals surface area contributed by atoms with Gasteiger partial charge < -0.3 is 50.5 Å². The fraction of sp³-hybridized carbons (Fsp3) is 0.847. The Balaban J connectivity index is 2.21. The molecule has 8 N–H and O–H groups in total. The van der Waals surface area contributed by atoms with E-state index >= 15 is 0 Å². The average Bonchev–Trinajstić information content (AvgIpc) is 3.36. The Bertz CT molecular complexity index is 1280. The molecule has 9 atom stereocenters. The van der Waals surface area contributed by atoms with Crippen molar-refractivity contribution in [1.82, 2.24) is 5.32 Å². The molecule has 0 aromatic carbocycles. The highest BCUT2D eigenvalue weighted by Gasteiger charge is 2.44. The second kappa shape index (κ2) is 48.0. The summed E-state index contributed by atoms with van der Waals surface area (Å²) in [5.41, 5.74) is 0. The number of carbonyl (C=O) groups is 1. The molecule has 0 saturated carbocycles. The lowest BCUT2D eigenvalue weighted by Crippen LogP contribution is -2.60. The van der Waals surface area contributed by atoms with Crippen LogP contribution in [-0.2, 0) is 14.3 Å². The van der Waals surface area contributed by atoms with Crippen LogP contribution in [0, 0.1) is 0 Å². The molecule has 1 aliphatic rings. The van der Waals surface area contributed by atoms with Gasteiger partial charge >= 0.3 is 0 Å². The fourth-order valence-corrected chi connectivity index (χ4v) is 9.18. The van der Waals surface area contributed by atoms with Crippen molar-refractivity contribution in [2.24, 2.45) is 0 Å². The number of unbranched alkanes of at least 4 members (excludes halogenated alkanes) is 30. The Labute approximate surface area is 428 Å². The predicted octanol–water partition coefficient (Wildman–Crippen LogP) is 12.1. The van der Waals surface area contributed by atoms with Crippen LogP contribution in [0.4, 0.5) is 0 Å². The minimum absolute atomic E-state index is 0.240. The van der Waals surface area contributed by atoms with Gasteiger partial charge in [-0.2, -0.15) is 0 Å². The summed E-state index contributed by atoms with van der Waals surface area (Å²) in [7, 11) is 0. The maximum atomic E-state index is 13.1. The maximum absolute atomic E-state index is 13.1. The van der Waals surface area contributed by atoms with Gasteiger partial charge in [0.25, 0.3) is 0 Å². The predicted molar refractivity (Wildman–Crippen MR) is 288 cm³/mol. The molecule has 410 valence electrons. The molecule has 9 unspecified atom stereocenters. The zero-order valence-corrected chi connectivity index (χ0v) is 44.7. The molecule has 1 rings (SSSR count). The van der Waals surface area contributed by atoms with Gasteiger partial charge in [-0.25, -0.2) is 0 Å². The Morgan fingerprint density at radius 1 is 0.514 bits per heavy atom. The molecule has 11 heteroatoms. The number of aliphatic hydroxyl groups is 7. The SMILES string of the molecule is C/C=C/CC/C=C/CC/C=C/CCCC(O)C(O)C(COC1OC(CO)C(O)C(O)C1O)NC(=O)C(O)CCCCCCCCCCCCCCCCC/C=C\CCCCCCCCCCCCCC. The summed E-state index contributed by atoms with van der Waals surface area (Å²) in [6, 6.07) is -1.19. The van der Waals surface area contributed by atoms with Crippen LogP contribution >= 0.6 is 0 Å². The molecule has 0 radical (unpaired) electrons. The van der Waals surface area contributed by atoms with Gasteiger partial charge in [0, 0.05) is 0 Å². The molecular weight excluding hydrogens is 883 g/mol. The van der Waals surface area contributed by atoms with Gasteiger partial charge in [0.15, 0.2) is 6.29 Å². The third-order valence-corrected chi connectivity index (χ3v) is 13.9. The van der Waals surface area contributed by atoms with E-state index < -0.39 is 74.2 Å². The van der Waals surface area contributed by atoms with E-state index in [1.54, 1.807) is 0 Å². The first-order valence-electron chi connectivity index (χ1n) is 29.0. The van der Waals surface area contributed by atoms with Gasteiger partial charge in [0.1, 0.15) is 36.6 Å². The molecular formula is C59H109NO10. The zero-order valence-electron chi connectivity index (χ0n) is 44.7. The highest BCUT2D eigenvalue weighted by molar-refractivity contribution is 5.80. The lowest BCUT2D eigenvalue weighted by Gasteiger charge is -2.40. The van der Waals surface area contributed by atoms with Crippen LogP contribution in [0.15, 0.2) is 48.6 Å². The third-order valence-electron chi connectivity index (χ3n) is 13.9. The monoisotopic (exact) mass is 992 g/mol. The Hall–Kier alpha value is -1.93. The van der Waals surface area contributed by atoms with Crippen LogP contribution in [0.3, 0.4) is 0 Å². The average molecular weight is 993 g/mol. The van der Waals surface area contributed by atoms with Crippen molar-refractivity contribution < 1.29 is 50.0 Å². The van der Waals surface area contributed by atoms with E-state index in [-0.39, 0.29) is 12.8 Å². The summed E-state index contributed by atoms with van der Waals surface area (Å²) in [6.07, 6.45) is 49.3. The summed E-state index contributed by atoms with van der Waals surface area (Å²) in [4.78, 5) is 13.1. The lowest BCUT2D eigenvalue weighted by atomic mass is 9.98. The minimum atomic E-state index is -1.67. The van der Waals surface area contributed by atoms with E-state index in [2.05, 4.69) is 60.8 Å². The van der Waals surface area contributed by atoms with Crippen LogP contribution < -0.4 is 5.32 Å². The highest BCUT2D eigenvalue weighted by Crippen LogP contribution is 2.23. The molecule has 70 heavy (non-hydrogen) atoms. The molecule has 0 bridgehead atoms. The standard InChI is InChI=1S/C59H109NO10/c1-3-5-7-9-11-13-15-17-18-19-20-21-22-23-24-25-26-27-28-29-30-31-32-33-34-35-37-39-41-43-45-47-52(63)58(68)60-50(49-69-59-57(67)56(66)55(65)53(48-61)70-59)54(64)51(62)46-44-42-40-38-36-16-14-12-10-8-6-4-2/h4,6,12,14,23-24,38,40,50-57,59,61-67H,3,5,7-11,13,15-22,25-37,39,41-49H2,1-2H3,(H,60,68)/b6-4+,14-12+,24-23-,40-38+. The van der Waals surface area contributed by atoms with Gasteiger partial charge in [0.05, 0.1) is 25.4 Å². The van der Waals surface area contributed by atoms with Crippen LogP contribution in [0.1, 0.15) is 251 Å². The van der Waals surface area contributed by atoms with E-state index in [9.17, 15) is 40.5 Å². The first kappa shape index (κ1) is 66.1. The first-order chi connectivity index (χ1) is 34.2. The third kappa shape index (κ3) is 36.1. The number of hydrogen-bond acceptors (Lipinski definition) is 10. The topological polar surface area (TPSA) is 189 Å². The van der Waals surface area contributed by atoms with Gasteiger partial charge in [-0.1, -0.05) is 216 Å². The molecule has 1 heterocycles. The van der Waals surface area contributed by atoms with Crippen LogP contribution in [0.2, 0.25) is 0 Å². The number of allylic oxidation sites excluding steroid dienone is 8. The normalized spacial score (nSPS) is 20.6. The van der Waals surface area contributed by atoms with Crippen molar-refractivity contribution in [3.05, 3.63) is 48.6 Å². The van der Waals surface area contributed by atoms with Crippen molar-refractivity contribution in [2.45, 2.75) is 306 Å². The minimum Gasteiger partial charge on any atom is -0.394 e. The summed E-state index contributed by atoms with van der Waals surface area (Å²) >= 11 is 0. The van der Waals surface area contributed by atoms with Crippen LogP contribution in [-0.4, -0.2) is 110 Å². The molecule has 1 saturated heterocycles. The molecule has 0 spiro atoms. The van der Waals surface area contributed by atoms with E-state index in [0.717, 1.165) is 44.9 Å². The summed E-state index contributed by atoms with van der Waals surface area (Å²) in [5.74, 6) is -0.713. The molecule has 1 amide bonds. The van der Waals surface area contributed by atoms with Gasteiger partial charge in [0.2, 0.25) is 5.91 Å². The van der Waals surface area contributed by atoms with Crippen LogP contribution in [0.25, 0.3) is 0 Å². The van der Waals surface area contributed by atoms with Gasteiger partial charge in [-0.15, -0.1) is 0 Å². The number of carbonyl (C=O) groups excluding carboxylic acids is 1. The molecule has 0 aromatic heterocycles. The smallest absolute Gasteiger partial charge is 0.249 e. The van der Waals surface area contributed by atoms with Gasteiger partial charge in [-0.3, -0.25) is 4.79 Å². The Morgan fingerprint density at radius 2 is 0.914 bits per heavy atom. The number of ether oxygens (including phenoxy) is 2. The van der Waals surface area contributed by atoms with Crippen molar-refractivity contribution >= 4 is 5.91 Å². The Kier molecular flexibility index (Phi) is 45.3.